The molecule has 0 aliphatic carbocycles. The summed E-state index contributed by atoms with van der Waals surface area (Å²) in [6, 6.07) is 1.86. The lowest BCUT2D eigenvalue weighted by Gasteiger charge is -2.42. The van der Waals surface area contributed by atoms with Crippen molar-refractivity contribution in [3.05, 3.63) is 23.2 Å². The second-order valence-electron chi connectivity index (χ2n) is 6.02. The summed E-state index contributed by atoms with van der Waals surface area (Å²) in [5.41, 5.74) is 0.611. The maximum absolute atomic E-state index is 12.7. The second-order valence-corrected chi connectivity index (χ2v) is 6.02. The van der Waals surface area contributed by atoms with E-state index in [1.54, 1.807) is 0 Å². The number of ether oxygens (including phenoxy) is 2. The van der Waals surface area contributed by atoms with Crippen LogP contribution in [0.15, 0.2) is 10.5 Å². The Morgan fingerprint density at radius 2 is 2.00 bits per heavy atom. The Hall–Kier alpha value is -1.13. The molecule has 110 valence electrons. The van der Waals surface area contributed by atoms with Gasteiger partial charge in [-0.1, -0.05) is 0 Å². The van der Waals surface area contributed by atoms with E-state index in [0.29, 0.717) is 6.61 Å². The Morgan fingerprint density at radius 3 is 2.65 bits per heavy atom. The fourth-order valence-corrected chi connectivity index (χ4v) is 3.44. The molecule has 2 fully saturated rings. The zero-order valence-electron chi connectivity index (χ0n) is 12.2. The second kappa shape index (κ2) is 5.34. The lowest BCUT2D eigenvalue weighted by molar-refractivity contribution is -0.142. The smallest absolute Gasteiger partial charge is 0.169 e. The van der Waals surface area contributed by atoms with Crippen molar-refractivity contribution in [1.29, 1.82) is 0 Å². The van der Waals surface area contributed by atoms with Crippen molar-refractivity contribution in [3.63, 3.8) is 0 Å². The molecule has 2 saturated heterocycles. The molecule has 0 amide bonds. The topological polar surface area (TPSA) is 48.7 Å². The number of furan rings is 1. The summed E-state index contributed by atoms with van der Waals surface area (Å²) < 4.78 is 16.9. The summed E-state index contributed by atoms with van der Waals surface area (Å²) in [5.74, 6) is 1.81. The monoisotopic (exact) mass is 278 g/mol. The number of rotatable bonds is 2. The third-order valence-corrected chi connectivity index (χ3v) is 4.57. The van der Waals surface area contributed by atoms with E-state index in [1.807, 2.05) is 19.9 Å². The minimum Gasteiger partial charge on any atom is -0.466 e. The third-order valence-electron chi connectivity index (χ3n) is 4.57. The average molecular weight is 278 g/mol. The minimum absolute atomic E-state index is 0.0533. The zero-order chi connectivity index (χ0) is 14.2. The predicted octanol–water partition coefficient (Wildman–Crippen LogP) is 3.05. The van der Waals surface area contributed by atoms with E-state index >= 15 is 0 Å². The first-order chi connectivity index (χ1) is 9.60. The number of carbonyl (C=O) groups is 1. The van der Waals surface area contributed by atoms with Crippen molar-refractivity contribution in [2.24, 2.45) is 5.92 Å². The van der Waals surface area contributed by atoms with Crippen LogP contribution in [0.2, 0.25) is 0 Å². The summed E-state index contributed by atoms with van der Waals surface area (Å²) in [7, 11) is 0. The van der Waals surface area contributed by atoms with Gasteiger partial charge < -0.3 is 13.9 Å². The van der Waals surface area contributed by atoms with Gasteiger partial charge in [0.2, 0.25) is 0 Å². The van der Waals surface area contributed by atoms with Crippen LogP contribution < -0.4 is 0 Å². The fraction of sp³-hybridized carbons (Fsp3) is 0.688. The summed E-state index contributed by atoms with van der Waals surface area (Å²) in [6.07, 6.45) is 3.43. The van der Waals surface area contributed by atoms with Crippen LogP contribution in [0, 0.1) is 19.8 Å². The van der Waals surface area contributed by atoms with Crippen molar-refractivity contribution < 1.29 is 18.7 Å². The lowest BCUT2D eigenvalue weighted by Crippen LogP contribution is -2.45. The van der Waals surface area contributed by atoms with Crippen molar-refractivity contribution >= 4 is 5.78 Å². The van der Waals surface area contributed by atoms with Crippen molar-refractivity contribution in [2.45, 2.75) is 45.1 Å². The zero-order valence-corrected chi connectivity index (χ0v) is 12.2. The van der Waals surface area contributed by atoms with E-state index in [4.69, 9.17) is 13.9 Å². The predicted molar refractivity (Wildman–Crippen MR) is 74.0 cm³/mol. The molecule has 1 atom stereocenters. The first-order valence-electron chi connectivity index (χ1n) is 7.43. The molecule has 0 radical (unpaired) electrons. The SMILES string of the molecule is Cc1cc(C(=O)C2CCOC3(CCOCC3)C2)c(C)o1. The molecule has 1 spiro atoms. The van der Waals surface area contributed by atoms with Crippen LogP contribution in [0.1, 0.15) is 47.6 Å². The van der Waals surface area contributed by atoms with E-state index in [1.165, 1.54) is 0 Å². The van der Waals surface area contributed by atoms with Gasteiger partial charge in [-0.05, 0) is 45.6 Å². The van der Waals surface area contributed by atoms with Gasteiger partial charge in [0.25, 0.3) is 0 Å². The Balaban J connectivity index is 1.76. The summed E-state index contributed by atoms with van der Waals surface area (Å²) in [4.78, 5) is 12.7. The normalized spacial score (nSPS) is 25.8. The van der Waals surface area contributed by atoms with Crippen LogP contribution in [0.25, 0.3) is 0 Å². The van der Waals surface area contributed by atoms with Gasteiger partial charge >= 0.3 is 0 Å². The highest BCUT2D eigenvalue weighted by Crippen LogP contribution is 2.38. The van der Waals surface area contributed by atoms with Gasteiger partial charge in [0.05, 0.1) is 11.2 Å². The van der Waals surface area contributed by atoms with Crippen molar-refractivity contribution in [3.8, 4) is 0 Å². The quantitative estimate of drug-likeness (QED) is 0.780. The first kappa shape index (κ1) is 13.8. The highest BCUT2D eigenvalue weighted by molar-refractivity contribution is 5.98. The van der Waals surface area contributed by atoms with E-state index in [-0.39, 0.29) is 17.3 Å². The fourth-order valence-electron chi connectivity index (χ4n) is 3.44. The molecule has 3 rings (SSSR count). The maximum atomic E-state index is 12.7. The number of ketones is 1. The minimum atomic E-state index is -0.135. The number of hydrogen-bond donors (Lipinski definition) is 0. The highest BCUT2D eigenvalue weighted by atomic mass is 16.5. The average Bonchev–Trinajstić information content (AvgIpc) is 2.78. The Labute approximate surface area is 119 Å². The van der Waals surface area contributed by atoms with Gasteiger partial charge in [0, 0.05) is 25.7 Å². The van der Waals surface area contributed by atoms with Crippen molar-refractivity contribution in [2.75, 3.05) is 19.8 Å². The van der Waals surface area contributed by atoms with Crippen LogP contribution in [-0.2, 0) is 9.47 Å². The lowest BCUT2D eigenvalue weighted by atomic mass is 9.78. The van der Waals surface area contributed by atoms with Crippen LogP contribution in [0.4, 0.5) is 0 Å². The van der Waals surface area contributed by atoms with Gasteiger partial charge in [-0.3, -0.25) is 4.79 Å². The molecule has 4 heteroatoms. The third kappa shape index (κ3) is 2.54. The molecule has 2 aliphatic heterocycles. The van der Waals surface area contributed by atoms with Gasteiger partial charge in [0.15, 0.2) is 5.78 Å². The molecular weight excluding hydrogens is 256 g/mol. The molecule has 3 heterocycles. The summed E-state index contributed by atoms with van der Waals surface area (Å²) >= 11 is 0. The first-order valence-corrected chi connectivity index (χ1v) is 7.43. The van der Waals surface area contributed by atoms with Crippen LogP contribution >= 0.6 is 0 Å². The van der Waals surface area contributed by atoms with Gasteiger partial charge in [-0.25, -0.2) is 0 Å². The number of Topliss-reactive ketones (excluding diaryl/α,β-unsaturated/α-hetero) is 1. The molecule has 0 saturated carbocycles. The summed E-state index contributed by atoms with van der Waals surface area (Å²) in [6.45, 7) is 5.90. The van der Waals surface area contributed by atoms with Crippen LogP contribution in [-0.4, -0.2) is 31.2 Å². The van der Waals surface area contributed by atoms with Gasteiger partial charge in [0.1, 0.15) is 11.5 Å². The Bertz CT molecular complexity index is 491. The Morgan fingerprint density at radius 1 is 1.25 bits per heavy atom. The number of carbonyl (C=O) groups excluding carboxylic acids is 1. The molecule has 1 aromatic heterocycles. The van der Waals surface area contributed by atoms with Crippen LogP contribution in [0.3, 0.4) is 0 Å². The maximum Gasteiger partial charge on any atom is 0.169 e. The standard InChI is InChI=1S/C16H22O4/c1-11-9-14(12(2)20-11)15(17)13-3-6-19-16(10-13)4-7-18-8-5-16/h9,13H,3-8,10H2,1-2H3. The molecule has 0 N–H and O–H groups in total. The molecule has 1 unspecified atom stereocenters. The van der Waals surface area contributed by atoms with Gasteiger partial charge in [-0.2, -0.15) is 0 Å². The number of aryl methyl sites for hydroxylation is 2. The molecule has 20 heavy (non-hydrogen) atoms. The molecule has 0 aromatic carbocycles. The molecule has 4 nitrogen and oxygen atoms in total. The van der Waals surface area contributed by atoms with Crippen molar-refractivity contribution in [1.82, 2.24) is 0 Å². The number of hydrogen-bond acceptors (Lipinski definition) is 4. The molecular formula is C16H22O4. The highest BCUT2D eigenvalue weighted by Gasteiger charge is 2.41. The molecule has 2 aliphatic rings. The van der Waals surface area contributed by atoms with E-state index in [0.717, 1.165) is 56.0 Å². The van der Waals surface area contributed by atoms with Gasteiger partial charge in [-0.15, -0.1) is 0 Å². The molecule has 1 aromatic rings. The van der Waals surface area contributed by atoms with E-state index in [2.05, 4.69) is 0 Å². The van der Waals surface area contributed by atoms with Crippen LogP contribution in [0.5, 0.6) is 0 Å². The summed E-state index contributed by atoms with van der Waals surface area (Å²) in [5, 5.41) is 0. The largest absolute Gasteiger partial charge is 0.466 e. The van der Waals surface area contributed by atoms with E-state index in [9.17, 15) is 4.79 Å². The Kier molecular flexibility index (Phi) is 3.69. The van der Waals surface area contributed by atoms with E-state index < -0.39 is 0 Å². The molecule has 0 bridgehead atoms.